The fourth-order valence-electron chi connectivity index (χ4n) is 2.94. The van der Waals surface area contributed by atoms with Crippen molar-refractivity contribution in [3.05, 3.63) is 0 Å². The van der Waals surface area contributed by atoms with Gasteiger partial charge in [0.05, 0.1) is 7.11 Å². The van der Waals surface area contributed by atoms with E-state index >= 15 is 0 Å². The molecular formula is C14H25NO2. The number of hydrogen-bond donors (Lipinski definition) is 1. The van der Waals surface area contributed by atoms with E-state index in [1.54, 1.807) is 0 Å². The molecule has 0 aromatic heterocycles. The van der Waals surface area contributed by atoms with Gasteiger partial charge in [-0.2, -0.15) is 0 Å². The highest BCUT2D eigenvalue weighted by Gasteiger charge is 2.38. The van der Waals surface area contributed by atoms with Crippen LogP contribution in [0, 0.1) is 11.8 Å². The van der Waals surface area contributed by atoms with Crippen LogP contribution in [0.1, 0.15) is 51.9 Å². The summed E-state index contributed by atoms with van der Waals surface area (Å²) in [5.41, 5.74) is 0. The Morgan fingerprint density at radius 1 is 1.24 bits per heavy atom. The van der Waals surface area contributed by atoms with E-state index < -0.39 is 0 Å². The number of hydrogen-bond acceptors (Lipinski definition) is 3. The molecule has 0 bridgehead atoms. The average molecular weight is 239 g/mol. The summed E-state index contributed by atoms with van der Waals surface area (Å²) < 4.78 is 4.90. The molecule has 0 amide bonds. The molecule has 0 aromatic rings. The van der Waals surface area contributed by atoms with Gasteiger partial charge in [-0.1, -0.05) is 13.3 Å². The zero-order valence-electron chi connectivity index (χ0n) is 11.1. The van der Waals surface area contributed by atoms with Crippen molar-refractivity contribution < 1.29 is 9.53 Å². The zero-order chi connectivity index (χ0) is 12.3. The van der Waals surface area contributed by atoms with Crippen molar-refractivity contribution in [2.45, 2.75) is 64.0 Å². The van der Waals surface area contributed by atoms with Gasteiger partial charge < -0.3 is 10.1 Å². The third-order valence-electron chi connectivity index (χ3n) is 4.39. The first kappa shape index (κ1) is 12.9. The summed E-state index contributed by atoms with van der Waals surface area (Å²) in [5, 5.41) is 3.54. The van der Waals surface area contributed by atoms with Gasteiger partial charge in [-0.05, 0) is 50.4 Å². The Morgan fingerprint density at radius 2 is 1.88 bits per heavy atom. The number of nitrogens with one attached hydrogen (secondary N) is 1. The van der Waals surface area contributed by atoms with Gasteiger partial charge in [-0.3, -0.25) is 4.79 Å². The lowest BCUT2D eigenvalue weighted by atomic mass is 9.84. The van der Waals surface area contributed by atoms with Crippen molar-refractivity contribution >= 4 is 5.97 Å². The molecular weight excluding hydrogens is 214 g/mol. The van der Waals surface area contributed by atoms with Crippen LogP contribution in [-0.2, 0) is 9.53 Å². The van der Waals surface area contributed by atoms with Gasteiger partial charge >= 0.3 is 5.97 Å². The number of rotatable bonds is 5. The first-order chi connectivity index (χ1) is 8.24. The minimum Gasteiger partial charge on any atom is -0.468 e. The van der Waals surface area contributed by atoms with Gasteiger partial charge in [0.1, 0.15) is 6.04 Å². The summed E-state index contributed by atoms with van der Waals surface area (Å²) in [6, 6.07) is 0.491. The monoisotopic (exact) mass is 239 g/mol. The van der Waals surface area contributed by atoms with Crippen LogP contribution in [0.2, 0.25) is 0 Å². The van der Waals surface area contributed by atoms with Crippen LogP contribution in [0.15, 0.2) is 0 Å². The smallest absolute Gasteiger partial charge is 0.323 e. The van der Waals surface area contributed by atoms with E-state index in [-0.39, 0.29) is 12.0 Å². The lowest BCUT2D eigenvalue weighted by Gasteiger charge is -2.31. The third-order valence-corrected chi connectivity index (χ3v) is 4.39. The van der Waals surface area contributed by atoms with Crippen LogP contribution < -0.4 is 5.32 Å². The van der Waals surface area contributed by atoms with Gasteiger partial charge in [0.2, 0.25) is 0 Å². The molecule has 1 N–H and O–H groups in total. The van der Waals surface area contributed by atoms with E-state index in [1.807, 2.05) is 0 Å². The fraction of sp³-hybridized carbons (Fsp3) is 0.929. The Hall–Kier alpha value is -0.570. The van der Waals surface area contributed by atoms with Crippen molar-refractivity contribution in [1.29, 1.82) is 0 Å². The average Bonchev–Trinajstić information content (AvgIpc) is 3.20. The van der Waals surface area contributed by atoms with Gasteiger partial charge in [0.25, 0.3) is 0 Å². The maximum atomic E-state index is 11.7. The Balaban J connectivity index is 1.80. The molecule has 0 heterocycles. The predicted molar refractivity (Wildman–Crippen MR) is 67.7 cm³/mol. The predicted octanol–water partition coefficient (Wildman–Crippen LogP) is 2.50. The highest BCUT2D eigenvalue weighted by Crippen LogP contribution is 2.34. The molecule has 2 saturated carbocycles. The molecule has 3 heteroatoms. The van der Waals surface area contributed by atoms with Gasteiger partial charge in [0, 0.05) is 6.04 Å². The highest BCUT2D eigenvalue weighted by atomic mass is 16.5. The molecule has 1 unspecified atom stereocenters. The maximum absolute atomic E-state index is 11.7. The Bertz CT molecular complexity index is 255. The SMILES string of the molecule is CCC1CCC(NC(C(=O)OC)C2CC2)CC1. The molecule has 2 aliphatic rings. The summed E-state index contributed by atoms with van der Waals surface area (Å²) in [5.74, 6) is 1.38. The summed E-state index contributed by atoms with van der Waals surface area (Å²) in [7, 11) is 1.49. The van der Waals surface area contributed by atoms with Crippen molar-refractivity contribution in [2.75, 3.05) is 7.11 Å². The van der Waals surface area contributed by atoms with Crippen LogP contribution in [-0.4, -0.2) is 25.2 Å². The van der Waals surface area contributed by atoms with Gasteiger partial charge in [-0.15, -0.1) is 0 Å². The standard InChI is InChI=1S/C14H25NO2/c1-3-10-4-8-12(9-5-10)15-13(11-6-7-11)14(16)17-2/h10-13,15H,3-9H2,1-2H3. The molecule has 2 aliphatic carbocycles. The van der Waals surface area contributed by atoms with E-state index in [4.69, 9.17) is 4.74 Å². The van der Waals surface area contributed by atoms with Crippen LogP contribution >= 0.6 is 0 Å². The van der Waals surface area contributed by atoms with Crippen molar-refractivity contribution in [3.63, 3.8) is 0 Å². The Morgan fingerprint density at radius 3 is 2.35 bits per heavy atom. The van der Waals surface area contributed by atoms with Crippen LogP contribution in [0.3, 0.4) is 0 Å². The largest absolute Gasteiger partial charge is 0.468 e. The summed E-state index contributed by atoms with van der Waals surface area (Å²) in [6.07, 6.45) is 8.72. The van der Waals surface area contributed by atoms with Crippen molar-refractivity contribution in [2.24, 2.45) is 11.8 Å². The first-order valence-electron chi connectivity index (χ1n) is 7.08. The topological polar surface area (TPSA) is 38.3 Å². The third kappa shape index (κ3) is 3.44. The summed E-state index contributed by atoms with van der Waals surface area (Å²) >= 11 is 0. The van der Waals surface area contributed by atoms with E-state index in [9.17, 15) is 4.79 Å². The minimum absolute atomic E-state index is 0.0387. The van der Waals surface area contributed by atoms with Crippen LogP contribution in [0.5, 0.6) is 0 Å². The number of ether oxygens (including phenoxy) is 1. The molecule has 2 rings (SSSR count). The van der Waals surface area contributed by atoms with Crippen LogP contribution in [0.25, 0.3) is 0 Å². The van der Waals surface area contributed by atoms with E-state index in [2.05, 4.69) is 12.2 Å². The highest BCUT2D eigenvalue weighted by molar-refractivity contribution is 5.76. The van der Waals surface area contributed by atoms with E-state index in [0.29, 0.717) is 12.0 Å². The van der Waals surface area contributed by atoms with Gasteiger partial charge in [-0.25, -0.2) is 0 Å². The van der Waals surface area contributed by atoms with Crippen molar-refractivity contribution in [1.82, 2.24) is 5.32 Å². The molecule has 98 valence electrons. The summed E-state index contributed by atoms with van der Waals surface area (Å²) in [4.78, 5) is 11.7. The number of esters is 1. The first-order valence-corrected chi connectivity index (χ1v) is 7.08. The molecule has 0 aliphatic heterocycles. The van der Waals surface area contributed by atoms with Crippen LogP contribution in [0.4, 0.5) is 0 Å². The maximum Gasteiger partial charge on any atom is 0.323 e. The molecule has 1 atom stereocenters. The molecule has 0 saturated heterocycles. The molecule has 17 heavy (non-hydrogen) atoms. The molecule has 2 fully saturated rings. The molecule has 0 spiro atoms. The quantitative estimate of drug-likeness (QED) is 0.749. The Kier molecular flexibility index (Phi) is 4.43. The van der Waals surface area contributed by atoms with Gasteiger partial charge in [0.15, 0.2) is 0 Å². The van der Waals surface area contributed by atoms with E-state index in [0.717, 1.165) is 5.92 Å². The van der Waals surface area contributed by atoms with Crippen molar-refractivity contribution in [3.8, 4) is 0 Å². The lowest BCUT2D eigenvalue weighted by molar-refractivity contribution is -0.144. The Labute approximate surface area is 104 Å². The molecule has 0 aromatic carbocycles. The fourth-order valence-corrected chi connectivity index (χ4v) is 2.94. The van der Waals surface area contributed by atoms with E-state index in [1.165, 1.54) is 52.1 Å². The molecule has 0 radical (unpaired) electrons. The number of carbonyl (C=O) groups is 1. The number of methoxy groups -OCH3 is 1. The lowest BCUT2D eigenvalue weighted by Crippen LogP contribution is -2.46. The second-order valence-corrected chi connectivity index (χ2v) is 5.63. The minimum atomic E-state index is -0.0647. The molecule has 3 nitrogen and oxygen atoms in total. The number of carbonyl (C=O) groups excluding carboxylic acids is 1. The normalized spacial score (nSPS) is 30.9. The second-order valence-electron chi connectivity index (χ2n) is 5.63. The second kappa shape index (κ2) is 5.85. The summed E-state index contributed by atoms with van der Waals surface area (Å²) in [6.45, 7) is 2.28. The zero-order valence-corrected chi connectivity index (χ0v) is 11.1.